The Balaban J connectivity index is 0.00000225. The molecule has 2 N–H and O–H groups in total. The van der Waals surface area contributed by atoms with E-state index in [1.165, 1.54) is 0 Å². The fourth-order valence-electron chi connectivity index (χ4n) is 2.77. The number of carbonyl (C=O) groups excluding carboxylic acids is 2. The summed E-state index contributed by atoms with van der Waals surface area (Å²) >= 11 is 0. The molecule has 0 aliphatic carbocycles. The Morgan fingerprint density at radius 1 is 1.12 bits per heavy atom. The predicted molar refractivity (Wildman–Crippen MR) is 96.0 cm³/mol. The van der Waals surface area contributed by atoms with Gasteiger partial charge in [0.2, 0.25) is 11.8 Å². The highest BCUT2D eigenvalue weighted by atomic mass is 35.5. The second kappa shape index (κ2) is 9.72. The number of benzene rings is 1. The highest BCUT2D eigenvalue weighted by molar-refractivity contribution is 5.95. The maximum absolute atomic E-state index is 12.2. The average molecular weight is 370 g/mol. The molecule has 2 aliphatic heterocycles. The lowest BCUT2D eigenvalue weighted by Gasteiger charge is -2.27. The maximum Gasteiger partial charge on any atom is 0.243 e. The molecule has 2 saturated heterocycles. The van der Waals surface area contributed by atoms with Crippen molar-refractivity contribution in [3.8, 4) is 0 Å². The number of anilines is 1. The predicted octanol–water partition coefficient (Wildman–Crippen LogP) is 0.437. The number of halogens is 1. The third-order valence-corrected chi connectivity index (χ3v) is 4.18. The molecule has 1 aromatic rings. The van der Waals surface area contributed by atoms with Gasteiger partial charge >= 0.3 is 0 Å². The van der Waals surface area contributed by atoms with E-state index in [9.17, 15) is 9.59 Å². The molecule has 8 heteroatoms. The third kappa shape index (κ3) is 5.67. The van der Waals surface area contributed by atoms with Gasteiger partial charge in [-0.15, -0.1) is 12.4 Å². The zero-order valence-corrected chi connectivity index (χ0v) is 14.8. The molecule has 2 heterocycles. The average Bonchev–Trinajstić information content (AvgIpc) is 2.65. The van der Waals surface area contributed by atoms with Crippen LogP contribution in [0.1, 0.15) is 5.56 Å². The summed E-state index contributed by atoms with van der Waals surface area (Å²) in [4.78, 5) is 26.2. The summed E-state index contributed by atoms with van der Waals surface area (Å²) in [6.07, 6.45) is 0.367. The van der Waals surface area contributed by atoms with E-state index in [2.05, 4.69) is 10.6 Å². The molecule has 0 aromatic heterocycles. The van der Waals surface area contributed by atoms with E-state index < -0.39 is 0 Å². The molecule has 138 valence electrons. The maximum atomic E-state index is 12.2. The smallest absolute Gasteiger partial charge is 0.243 e. The van der Waals surface area contributed by atoms with Gasteiger partial charge in [0, 0.05) is 25.3 Å². The van der Waals surface area contributed by atoms with Crippen LogP contribution in [0.3, 0.4) is 0 Å². The molecule has 25 heavy (non-hydrogen) atoms. The van der Waals surface area contributed by atoms with Gasteiger partial charge in [0.1, 0.15) is 6.04 Å². The van der Waals surface area contributed by atoms with E-state index in [1.54, 1.807) is 0 Å². The van der Waals surface area contributed by atoms with Crippen LogP contribution in [0, 0.1) is 0 Å². The minimum Gasteiger partial charge on any atom is -0.378 e. The number of hydrogen-bond acceptors (Lipinski definition) is 5. The summed E-state index contributed by atoms with van der Waals surface area (Å²) in [5, 5.41) is 5.98. The van der Waals surface area contributed by atoms with Crippen LogP contribution in [0.25, 0.3) is 0 Å². The number of carbonyl (C=O) groups is 2. The zero-order chi connectivity index (χ0) is 16.8. The van der Waals surface area contributed by atoms with Crippen molar-refractivity contribution in [2.24, 2.45) is 0 Å². The van der Waals surface area contributed by atoms with Crippen LogP contribution in [0.4, 0.5) is 5.69 Å². The molecular formula is C17H24ClN3O4. The Kier molecular flexibility index (Phi) is 7.64. The van der Waals surface area contributed by atoms with Crippen LogP contribution < -0.4 is 10.6 Å². The van der Waals surface area contributed by atoms with Gasteiger partial charge in [-0.2, -0.15) is 0 Å². The van der Waals surface area contributed by atoms with Crippen LogP contribution in [0.15, 0.2) is 24.3 Å². The van der Waals surface area contributed by atoms with Crippen LogP contribution in [-0.4, -0.2) is 68.8 Å². The van der Waals surface area contributed by atoms with Gasteiger partial charge in [0.05, 0.1) is 32.8 Å². The van der Waals surface area contributed by atoms with Crippen molar-refractivity contribution in [1.82, 2.24) is 10.2 Å². The van der Waals surface area contributed by atoms with Crippen LogP contribution in [-0.2, 0) is 25.5 Å². The monoisotopic (exact) mass is 369 g/mol. The van der Waals surface area contributed by atoms with E-state index in [4.69, 9.17) is 9.47 Å². The number of hydrogen-bond donors (Lipinski definition) is 2. The number of ether oxygens (including phenoxy) is 2. The largest absolute Gasteiger partial charge is 0.378 e. The summed E-state index contributed by atoms with van der Waals surface area (Å²) in [5.74, 6) is 0.00508. The van der Waals surface area contributed by atoms with E-state index in [-0.39, 0.29) is 30.3 Å². The number of amides is 2. The Labute approximate surface area is 153 Å². The minimum absolute atomic E-state index is 0. The van der Waals surface area contributed by atoms with Gasteiger partial charge in [0.25, 0.3) is 0 Å². The van der Waals surface area contributed by atoms with E-state index in [1.807, 2.05) is 29.2 Å². The molecular weight excluding hydrogens is 346 g/mol. The standard InChI is InChI=1S/C17H23N3O4.ClH/c21-16(20-6-9-23-10-7-20)11-13-1-3-14(4-2-13)19-17(22)15-12-24-8-5-18-15;/h1-4,15,18H,5-12H2,(H,19,22);1H. The van der Waals surface area contributed by atoms with Crippen LogP contribution in [0.5, 0.6) is 0 Å². The minimum atomic E-state index is -0.318. The molecule has 1 unspecified atom stereocenters. The quantitative estimate of drug-likeness (QED) is 0.805. The Morgan fingerprint density at radius 2 is 1.84 bits per heavy atom. The van der Waals surface area contributed by atoms with Crippen molar-refractivity contribution in [1.29, 1.82) is 0 Å². The van der Waals surface area contributed by atoms with Crippen molar-refractivity contribution >= 4 is 29.9 Å². The first-order valence-corrected chi connectivity index (χ1v) is 8.29. The number of rotatable bonds is 4. The summed E-state index contributed by atoms with van der Waals surface area (Å²) in [6, 6.07) is 7.08. The first kappa shape index (κ1) is 19.7. The molecule has 0 bridgehead atoms. The third-order valence-electron chi connectivity index (χ3n) is 4.18. The summed E-state index contributed by atoms with van der Waals surface area (Å²) in [6.45, 7) is 4.23. The molecule has 0 saturated carbocycles. The lowest BCUT2D eigenvalue weighted by Crippen LogP contribution is -2.48. The van der Waals surface area contributed by atoms with Crippen molar-refractivity contribution in [3.63, 3.8) is 0 Å². The fourth-order valence-corrected chi connectivity index (χ4v) is 2.77. The van der Waals surface area contributed by atoms with Gasteiger partial charge in [-0.3, -0.25) is 9.59 Å². The lowest BCUT2D eigenvalue weighted by molar-refractivity contribution is -0.134. The van der Waals surface area contributed by atoms with Gasteiger partial charge in [-0.1, -0.05) is 12.1 Å². The number of nitrogens with one attached hydrogen (secondary N) is 2. The second-order valence-corrected chi connectivity index (χ2v) is 5.94. The molecule has 7 nitrogen and oxygen atoms in total. The van der Waals surface area contributed by atoms with E-state index in [0.717, 1.165) is 11.3 Å². The highest BCUT2D eigenvalue weighted by Crippen LogP contribution is 2.12. The number of morpholine rings is 2. The highest BCUT2D eigenvalue weighted by Gasteiger charge is 2.21. The summed E-state index contributed by atoms with van der Waals surface area (Å²) in [5.41, 5.74) is 1.65. The molecule has 1 aromatic carbocycles. The van der Waals surface area contributed by atoms with Crippen molar-refractivity contribution in [2.45, 2.75) is 12.5 Å². The molecule has 0 spiro atoms. The SMILES string of the molecule is Cl.O=C(Nc1ccc(CC(=O)N2CCOCC2)cc1)C1COCCN1. The Hall–Kier alpha value is -1.67. The van der Waals surface area contributed by atoms with Crippen molar-refractivity contribution < 1.29 is 19.1 Å². The molecule has 0 radical (unpaired) electrons. The number of nitrogens with zero attached hydrogens (tertiary/aromatic N) is 1. The summed E-state index contributed by atoms with van der Waals surface area (Å²) < 4.78 is 10.5. The molecule has 3 rings (SSSR count). The first-order chi connectivity index (χ1) is 11.7. The van der Waals surface area contributed by atoms with Crippen molar-refractivity contribution in [2.75, 3.05) is 51.4 Å². The van der Waals surface area contributed by atoms with Crippen LogP contribution in [0.2, 0.25) is 0 Å². The Bertz CT molecular complexity index is 519. The molecule has 1 atom stereocenters. The van der Waals surface area contributed by atoms with Gasteiger partial charge in [0.15, 0.2) is 0 Å². The van der Waals surface area contributed by atoms with E-state index >= 15 is 0 Å². The first-order valence-electron chi connectivity index (χ1n) is 8.29. The normalized spacial score (nSPS) is 20.5. The lowest BCUT2D eigenvalue weighted by atomic mass is 10.1. The van der Waals surface area contributed by atoms with E-state index in [0.29, 0.717) is 52.5 Å². The molecule has 2 amide bonds. The second-order valence-electron chi connectivity index (χ2n) is 5.94. The fraction of sp³-hybridized carbons (Fsp3) is 0.529. The Morgan fingerprint density at radius 3 is 2.48 bits per heavy atom. The van der Waals surface area contributed by atoms with Gasteiger partial charge < -0.3 is 25.0 Å². The summed E-state index contributed by atoms with van der Waals surface area (Å²) in [7, 11) is 0. The zero-order valence-electron chi connectivity index (χ0n) is 14.0. The topological polar surface area (TPSA) is 79.9 Å². The van der Waals surface area contributed by atoms with Gasteiger partial charge in [-0.25, -0.2) is 0 Å². The van der Waals surface area contributed by atoms with Crippen LogP contribution >= 0.6 is 12.4 Å². The van der Waals surface area contributed by atoms with Gasteiger partial charge in [-0.05, 0) is 17.7 Å². The van der Waals surface area contributed by atoms with Crippen molar-refractivity contribution in [3.05, 3.63) is 29.8 Å². The molecule has 2 fully saturated rings. The molecule has 2 aliphatic rings.